The zero-order valence-corrected chi connectivity index (χ0v) is 15.4. The molecule has 4 rings (SSSR count). The average molecular weight is 375 g/mol. The van der Waals surface area contributed by atoms with E-state index in [1.165, 1.54) is 0 Å². The zero-order valence-electron chi connectivity index (χ0n) is 14.6. The Morgan fingerprint density at radius 3 is 2.48 bits per heavy atom. The normalized spacial score (nSPS) is 10.9. The number of aromatic carboxylic acids is 1. The Kier molecular flexibility index (Phi) is 4.60. The maximum absolute atomic E-state index is 11.7. The number of benzene rings is 3. The van der Waals surface area contributed by atoms with Crippen LogP contribution in [0.1, 0.15) is 10.4 Å². The van der Waals surface area contributed by atoms with Crippen LogP contribution < -0.4 is 4.74 Å². The lowest BCUT2D eigenvalue weighted by Crippen LogP contribution is -2.04. The van der Waals surface area contributed by atoms with Gasteiger partial charge in [-0.25, -0.2) is 4.79 Å². The molecule has 27 heavy (non-hydrogen) atoms. The molecule has 3 aromatic carbocycles. The van der Waals surface area contributed by atoms with Gasteiger partial charge in [0.05, 0.1) is 23.9 Å². The molecule has 0 aliphatic rings. The molecule has 0 saturated carbocycles. The molecule has 0 fully saturated rings. The van der Waals surface area contributed by atoms with Crippen LogP contribution in [-0.2, 0) is 0 Å². The van der Waals surface area contributed by atoms with Crippen LogP contribution in [0, 0.1) is 0 Å². The van der Waals surface area contributed by atoms with E-state index in [1.54, 1.807) is 31.0 Å². The first kappa shape index (κ1) is 17.2. The minimum atomic E-state index is -0.946. The van der Waals surface area contributed by atoms with E-state index in [1.807, 2.05) is 59.3 Å². The van der Waals surface area contributed by atoms with Crippen molar-refractivity contribution in [3.05, 3.63) is 84.6 Å². The smallest absolute Gasteiger partial charge is 0.337 e. The number of para-hydroxylation sites is 1. The van der Waals surface area contributed by atoms with Crippen LogP contribution in [0.3, 0.4) is 0 Å². The molecule has 0 atom stereocenters. The summed E-state index contributed by atoms with van der Waals surface area (Å²) in [5.74, 6) is -0.181. The minimum absolute atomic E-state index is 0.265. The van der Waals surface area contributed by atoms with Gasteiger partial charge in [0, 0.05) is 21.4 Å². The van der Waals surface area contributed by atoms with Crippen LogP contribution in [0.2, 0.25) is 0 Å². The summed E-state index contributed by atoms with van der Waals surface area (Å²) >= 11 is 1.64. The second kappa shape index (κ2) is 7.21. The van der Waals surface area contributed by atoms with E-state index in [0.717, 1.165) is 26.4 Å². The largest absolute Gasteiger partial charge is 0.497 e. The van der Waals surface area contributed by atoms with Crippen LogP contribution in [0.15, 0.2) is 88.8 Å². The molecule has 4 aromatic rings. The van der Waals surface area contributed by atoms with Crippen LogP contribution in [0.4, 0.5) is 0 Å². The van der Waals surface area contributed by atoms with E-state index < -0.39 is 5.97 Å². The molecule has 4 nitrogen and oxygen atoms in total. The predicted octanol–water partition coefficient (Wildman–Crippen LogP) is 5.49. The third-order valence-corrected chi connectivity index (χ3v) is 5.39. The number of hydrogen-bond acceptors (Lipinski definition) is 3. The Labute approximate surface area is 161 Å². The van der Waals surface area contributed by atoms with Crippen molar-refractivity contribution in [3.63, 3.8) is 0 Å². The Hall–Kier alpha value is -3.18. The number of nitrogens with zero attached hydrogens (tertiary/aromatic N) is 1. The van der Waals surface area contributed by atoms with Gasteiger partial charge in [0.2, 0.25) is 0 Å². The molecule has 5 heteroatoms. The van der Waals surface area contributed by atoms with Crippen molar-refractivity contribution in [1.29, 1.82) is 0 Å². The molecule has 0 aliphatic carbocycles. The number of rotatable bonds is 5. The zero-order chi connectivity index (χ0) is 18.8. The number of carboxylic acids is 1. The molecule has 1 heterocycles. The Morgan fingerprint density at radius 2 is 1.74 bits per heavy atom. The summed E-state index contributed by atoms with van der Waals surface area (Å²) < 4.78 is 7.33. The first-order chi connectivity index (χ1) is 13.2. The topological polar surface area (TPSA) is 51.5 Å². The third kappa shape index (κ3) is 3.29. The van der Waals surface area contributed by atoms with Crippen LogP contribution in [0.25, 0.3) is 16.6 Å². The van der Waals surface area contributed by atoms with Gasteiger partial charge in [0.25, 0.3) is 0 Å². The first-order valence-corrected chi connectivity index (χ1v) is 9.24. The molecule has 134 valence electrons. The van der Waals surface area contributed by atoms with Gasteiger partial charge >= 0.3 is 5.97 Å². The van der Waals surface area contributed by atoms with Gasteiger partial charge in [-0.15, -0.1) is 0 Å². The van der Waals surface area contributed by atoms with Gasteiger partial charge in [-0.05, 0) is 42.5 Å². The number of ether oxygens (including phenoxy) is 1. The number of methoxy groups -OCH3 is 1. The SMILES string of the molecule is COc1ccc2c(c1)c(Sc1ccccc1)cn2-c1ccccc1C(=O)O. The molecule has 0 unspecified atom stereocenters. The quantitative estimate of drug-likeness (QED) is 0.501. The van der Waals surface area contributed by atoms with E-state index in [4.69, 9.17) is 4.74 Å². The molecular formula is C22H17NO3S. The second-order valence-electron chi connectivity index (χ2n) is 5.98. The summed E-state index contributed by atoms with van der Waals surface area (Å²) in [5, 5.41) is 10.6. The van der Waals surface area contributed by atoms with E-state index >= 15 is 0 Å². The maximum atomic E-state index is 11.7. The summed E-state index contributed by atoms with van der Waals surface area (Å²) in [5.41, 5.74) is 1.84. The van der Waals surface area contributed by atoms with Crippen molar-refractivity contribution >= 4 is 28.6 Å². The lowest BCUT2D eigenvalue weighted by molar-refractivity contribution is 0.0697. The third-order valence-electron chi connectivity index (χ3n) is 4.34. The summed E-state index contributed by atoms with van der Waals surface area (Å²) in [6.45, 7) is 0. The highest BCUT2D eigenvalue weighted by molar-refractivity contribution is 7.99. The van der Waals surface area contributed by atoms with Crippen LogP contribution >= 0.6 is 11.8 Å². The monoisotopic (exact) mass is 375 g/mol. The highest BCUT2D eigenvalue weighted by Gasteiger charge is 2.16. The fourth-order valence-corrected chi connectivity index (χ4v) is 4.05. The van der Waals surface area contributed by atoms with Crippen molar-refractivity contribution < 1.29 is 14.6 Å². The fraction of sp³-hybridized carbons (Fsp3) is 0.0455. The van der Waals surface area contributed by atoms with Crippen molar-refractivity contribution in [2.75, 3.05) is 7.11 Å². The molecule has 0 amide bonds. The molecular weight excluding hydrogens is 358 g/mol. The lowest BCUT2D eigenvalue weighted by Gasteiger charge is -2.09. The van der Waals surface area contributed by atoms with Gasteiger partial charge in [-0.3, -0.25) is 0 Å². The lowest BCUT2D eigenvalue weighted by atomic mass is 10.1. The number of aromatic nitrogens is 1. The van der Waals surface area contributed by atoms with Crippen LogP contribution in [0.5, 0.6) is 5.75 Å². The van der Waals surface area contributed by atoms with Gasteiger partial charge in [-0.1, -0.05) is 42.1 Å². The van der Waals surface area contributed by atoms with Crippen LogP contribution in [-0.4, -0.2) is 22.8 Å². The number of hydrogen-bond donors (Lipinski definition) is 1. The standard InChI is InChI=1S/C22H17NO3S/c1-26-15-11-12-20-18(13-15)21(27-16-7-3-2-4-8-16)14-23(20)19-10-6-5-9-17(19)22(24)25/h2-14H,1H3,(H,24,25). The van der Waals surface area contributed by atoms with E-state index in [9.17, 15) is 9.90 Å². The van der Waals surface area contributed by atoms with Gasteiger partial charge in [0.1, 0.15) is 5.75 Å². The molecule has 0 saturated heterocycles. The van der Waals surface area contributed by atoms with Gasteiger partial charge in [0.15, 0.2) is 0 Å². The molecule has 1 N–H and O–H groups in total. The second-order valence-corrected chi connectivity index (χ2v) is 7.10. The molecule has 0 radical (unpaired) electrons. The highest BCUT2D eigenvalue weighted by Crippen LogP contribution is 2.38. The number of fused-ring (bicyclic) bond motifs is 1. The van der Waals surface area contributed by atoms with Crippen molar-refractivity contribution in [2.45, 2.75) is 9.79 Å². The predicted molar refractivity (Wildman–Crippen MR) is 107 cm³/mol. The van der Waals surface area contributed by atoms with Crippen molar-refractivity contribution in [3.8, 4) is 11.4 Å². The molecule has 1 aromatic heterocycles. The Balaban J connectivity index is 1.93. The average Bonchev–Trinajstić information content (AvgIpc) is 3.06. The molecule has 0 bridgehead atoms. The maximum Gasteiger partial charge on any atom is 0.337 e. The fourth-order valence-electron chi connectivity index (χ4n) is 3.07. The number of carbonyl (C=O) groups is 1. The van der Waals surface area contributed by atoms with Crippen molar-refractivity contribution in [2.24, 2.45) is 0 Å². The van der Waals surface area contributed by atoms with Gasteiger partial charge < -0.3 is 14.4 Å². The van der Waals surface area contributed by atoms with Gasteiger partial charge in [-0.2, -0.15) is 0 Å². The van der Waals surface area contributed by atoms with E-state index in [2.05, 4.69) is 12.1 Å². The summed E-state index contributed by atoms with van der Waals surface area (Å²) in [4.78, 5) is 13.8. The number of carboxylic acid groups (broad SMARTS) is 1. The Morgan fingerprint density at radius 1 is 1.00 bits per heavy atom. The summed E-state index contributed by atoms with van der Waals surface area (Å²) in [7, 11) is 1.64. The van der Waals surface area contributed by atoms with E-state index in [0.29, 0.717) is 5.69 Å². The molecule has 0 spiro atoms. The Bertz CT molecular complexity index is 1120. The first-order valence-electron chi connectivity index (χ1n) is 8.42. The summed E-state index contributed by atoms with van der Waals surface area (Å²) in [6, 6.07) is 23.0. The summed E-state index contributed by atoms with van der Waals surface area (Å²) in [6.07, 6.45) is 1.99. The van der Waals surface area contributed by atoms with Crippen molar-refractivity contribution in [1.82, 2.24) is 4.57 Å². The highest BCUT2D eigenvalue weighted by atomic mass is 32.2. The minimum Gasteiger partial charge on any atom is -0.497 e. The molecule has 0 aliphatic heterocycles. The van der Waals surface area contributed by atoms with E-state index in [-0.39, 0.29) is 5.56 Å².